The van der Waals surface area contributed by atoms with Crippen molar-refractivity contribution in [2.45, 2.75) is 26.2 Å². The SMILES string of the molecule is CC(c1cc(OCc2ccccc2)cc(OCc2ccccc2)c1)n1ccnc1. The molecule has 1 atom stereocenters. The summed E-state index contributed by atoms with van der Waals surface area (Å²) in [6.45, 7) is 3.17. The van der Waals surface area contributed by atoms with Crippen LogP contribution in [0.3, 0.4) is 0 Å². The summed E-state index contributed by atoms with van der Waals surface area (Å²) in [6, 6.07) is 26.5. The lowest BCUT2D eigenvalue weighted by Gasteiger charge is -2.17. The Balaban J connectivity index is 1.56. The van der Waals surface area contributed by atoms with E-state index in [0.717, 1.165) is 28.2 Å². The van der Waals surface area contributed by atoms with Crippen molar-refractivity contribution in [2.24, 2.45) is 0 Å². The minimum absolute atomic E-state index is 0.122. The molecule has 4 rings (SSSR count). The third-order valence-electron chi connectivity index (χ3n) is 4.85. The van der Waals surface area contributed by atoms with Gasteiger partial charge in [-0.1, -0.05) is 60.7 Å². The van der Waals surface area contributed by atoms with E-state index in [1.165, 1.54) is 0 Å². The molecule has 0 radical (unpaired) electrons. The van der Waals surface area contributed by atoms with Gasteiger partial charge < -0.3 is 14.0 Å². The number of nitrogens with zero attached hydrogens (tertiary/aromatic N) is 2. The molecule has 0 saturated carbocycles. The zero-order chi connectivity index (χ0) is 19.9. The summed E-state index contributed by atoms with van der Waals surface area (Å²) in [4.78, 5) is 4.17. The minimum atomic E-state index is 0.122. The number of rotatable bonds is 8. The van der Waals surface area contributed by atoms with E-state index < -0.39 is 0 Å². The van der Waals surface area contributed by atoms with Crippen LogP contribution in [0.25, 0.3) is 0 Å². The monoisotopic (exact) mass is 384 g/mol. The maximum absolute atomic E-state index is 6.09. The van der Waals surface area contributed by atoms with Crippen LogP contribution in [0.2, 0.25) is 0 Å². The fourth-order valence-corrected chi connectivity index (χ4v) is 3.15. The van der Waals surface area contributed by atoms with Gasteiger partial charge in [-0.05, 0) is 35.7 Å². The molecule has 3 aromatic carbocycles. The largest absolute Gasteiger partial charge is 0.489 e. The molecule has 0 N–H and O–H groups in total. The van der Waals surface area contributed by atoms with Gasteiger partial charge in [0.05, 0.1) is 12.4 Å². The standard InChI is InChI=1S/C25H24N2O2/c1-20(27-13-12-26-19-27)23-14-24(28-17-21-8-4-2-5-9-21)16-25(15-23)29-18-22-10-6-3-7-11-22/h2-16,19-20H,17-18H2,1H3. The zero-order valence-corrected chi connectivity index (χ0v) is 16.4. The van der Waals surface area contributed by atoms with Crippen molar-refractivity contribution in [1.29, 1.82) is 0 Å². The van der Waals surface area contributed by atoms with E-state index in [2.05, 4.69) is 52.9 Å². The van der Waals surface area contributed by atoms with Gasteiger partial charge in [0, 0.05) is 18.5 Å². The topological polar surface area (TPSA) is 36.3 Å². The summed E-state index contributed by atoms with van der Waals surface area (Å²) in [5.41, 5.74) is 3.37. The van der Waals surface area contributed by atoms with Crippen molar-refractivity contribution in [2.75, 3.05) is 0 Å². The zero-order valence-electron chi connectivity index (χ0n) is 16.4. The molecular weight excluding hydrogens is 360 g/mol. The Labute approximate surface area is 171 Å². The molecule has 146 valence electrons. The van der Waals surface area contributed by atoms with Gasteiger partial charge in [-0.2, -0.15) is 0 Å². The van der Waals surface area contributed by atoms with Crippen LogP contribution in [0.1, 0.15) is 29.7 Å². The molecule has 0 saturated heterocycles. The molecule has 0 aliphatic heterocycles. The predicted octanol–water partition coefficient (Wildman–Crippen LogP) is 5.65. The summed E-state index contributed by atoms with van der Waals surface area (Å²) in [7, 11) is 0. The molecule has 1 aromatic heterocycles. The highest BCUT2D eigenvalue weighted by Crippen LogP contribution is 2.29. The van der Waals surface area contributed by atoms with Gasteiger partial charge in [0.15, 0.2) is 0 Å². The summed E-state index contributed by atoms with van der Waals surface area (Å²) in [5.74, 6) is 1.59. The third-order valence-corrected chi connectivity index (χ3v) is 4.85. The number of hydrogen-bond acceptors (Lipinski definition) is 3. The Kier molecular flexibility index (Phi) is 5.91. The van der Waals surface area contributed by atoms with Gasteiger partial charge in [0.1, 0.15) is 24.7 Å². The Morgan fingerprint density at radius 1 is 0.793 bits per heavy atom. The lowest BCUT2D eigenvalue weighted by Crippen LogP contribution is -2.06. The van der Waals surface area contributed by atoms with Gasteiger partial charge >= 0.3 is 0 Å². The van der Waals surface area contributed by atoms with Crippen molar-refractivity contribution in [3.63, 3.8) is 0 Å². The van der Waals surface area contributed by atoms with Gasteiger partial charge in [0.25, 0.3) is 0 Å². The van der Waals surface area contributed by atoms with Gasteiger partial charge in [0.2, 0.25) is 0 Å². The third kappa shape index (κ3) is 5.05. The van der Waals surface area contributed by atoms with E-state index in [4.69, 9.17) is 9.47 Å². The Morgan fingerprint density at radius 3 is 1.83 bits per heavy atom. The molecule has 0 spiro atoms. The van der Waals surface area contributed by atoms with E-state index in [0.29, 0.717) is 13.2 Å². The van der Waals surface area contributed by atoms with Gasteiger partial charge in [-0.3, -0.25) is 0 Å². The van der Waals surface area contributed by atoms with Crippen LogP contribution in [0.15, 0.2) is 97.6 Å². The predicted molar refractivity (Wildman–Crippen MR) is 114 cm³/mol. The van der Waals surface area contributed by atoms with Crippen LogP contribution in [0.5, 0.6) is 11.5 Å². The number of hydrogen-bond donors (Lipinski definition) is 0. The van der Waals surface area contributed by atoms with E-state index in [-0.39, 0.29) is 6.04 Å². The first kappa shape index (κ1) is 18.8. The van der Waals surface area contributed by atoms with E-state index in [1.807, 2.05) is 55.0 Å². The average Bonchev–Trinajstić information content (AvgIpc) is 3.32. The molecular formula is C25H24N2O2. The molecule has 4 heteroatoms. The molecule has 0 amide bonds. The molecule has 1 heterocycles. The highest BCUT2D eigenvalue weighted by Gasteiger charge is 2.12. The maximum Gasteiger partial charge on any atom is 0.123 e. The van der Waals surface area contributed by atoms with Crippen LogP contribution in [-0.4, -0.2) is 9.55 Å². The lowest BCUT2D eigenvalue weighted by molar-refractivity contribution is 0.289. The smallest absolute Gasteiger partial charge is 0.123 e. The van der Waals surface area contributed by atoms with Crippen LogP contribution in [0.4, 0.5) is 0 Å². The molecule has 1 unspecified atom stereocenters. The normalized spacial score (nSPS) is 11.8. The van der Waals surface area contributed by atoms with Crippen molar-refractivity contribution in [1.82, 2.24) is 9.55 Å². The minimum Gasteiger partial charge on any atom is -0.489 e. The highest BCUT2D eigenvalue weighted by molar-refractivity contribution is 5.40. The number of ether oxygens (including phenoxy) is 2. The molecule has 0 fully saturated rings. The number of aromatic nitrogens is 2. The number of imidazole rings is 1. The summed E-state index contributed by atoms with van der Waals surface area (Å²) >= 11 is 0. The molecule has 0 aliphatic rings. The summed E-state index contributed by atoms with van der Waals surface area (Å²) in [6.07, 6.45) is 5.58. The van der Waals surface area contributed by atoms with Crippen LogP contribution in [0, 0.1) is 0 Å². The van der Waals surface area contributed by atoms with Crippen LogP contribution >= 0.6 is 0 Å². The van der Waals surface area contributed by atoms with Crippen molar-refractivity contribution in [3.05, 3.63) is 114 Å². The lowest BCUT2D eigenvalue weighted by atomic mass is 10.1. The molecule has 29 heavy (non-hydrogen) atoms. The number of benzene rings is 3. The first-order valence-electron chi connectivity index (χ1n) is 9.74. The van der Waals surface area contributed by atoms with E-state index >= 15 is 0 Å². The quantitative estimate of drug-likeness (QED) is 0.394. The molecule has 0 bridgehead atoms. The highest BCUT2D eigenvalue weighted by atomic mass is 16.5. The second kappa shape index (κ2) is 9.11. The van der Waals surface area contributed by atoms with E-state index in [9.17, 15) is 0 Å². The average molecular weight is 384 g/mol. The maximum atomic E-state index is 6.09. The second-order valence-corrected chi connectivity index (χ2v) is 6.97. The molecule has 0 aliphatic carbocycles. The first-order chi connectivity index (χ1) is 14.3. The Morgan fingerprint density at radius 2 is 1.34 bits per heavy atom. The summed E-state index contributed by atoms with van der Waals surface area (Å²) in [5, 5.41) is 0. The Hall–Kier alpha value is -3.53. The van der Waals surface area contributed by atoms with Crippen molar-refractivity contribution in [3.8, 4) is 11.5 Å². The summed E-state index contributed by atoms with van der Waals surface area (Å²) < 4.78 is 14.2. The molecule has 4 nitrogen and oxygen atoms in total. The van der Waals surface area contributed by atoms with Gasteiger partial charge in [-0.15, -0.1) is 0 Å². The van der Waals surface area contributed by atoms with Crippen molar-refractivity contribution >= 4 is 0 Å². The fourth-order valence-electron chi connectivity index (χ4n) is 3.15. The Bertz CT molecular complexity index is 954. The fraction of sp³-hybridized carbons (Fsp3) is 0.160. The van der Waals surface area contributed by atoms with Crippen molar-refractivity contribution < 1.29 is 9.47 Å². The second-order valence-electron chi connectivity index (χ2n) is 6.97. The van der Waals surface area contributed by atoms with Crippen LogP contribution in [-0.2, 0) is 13.2 Å². The van der Waals surface area contributed by atoms with Gasteiger partial charge in [-0.25, -0.2) is 4.98 Å². The van der Waals surface area contributed by atoms with Crippen LogP contribution < -0.4 is 9.47 Å². The first-order valence-corrected chi connectivity index (χ1v) is 9.74. The molecule has 4 aromatic rings. The van der Waals surface area contributed by atoms with E-state index in [1.54, 1.807) is 6.20 Å².